The van der Waals surface area contributed by atoms with Crippen molar-refractivity contribution in [1.82, 2.24) is 15.2 Å². The Morgan fingerprint density at radius 1 is 1.03 bits per heavy atom. The molecule has 1 saturated heterocycles. The van der Waals surface area contributed by atoms with Gasteiger partial charge in [-0.25, -0.2) is 4.98 Å². The van der Waals surface area contributed by atoms with Crippen molar-refractivity contribution in [3.05, 3.63) is 77.8 Å². The summed E-state index contributed by atoms with van der Waals surface area (Å²) < 4.78 is 5.84. The zero-order chi connectivity index (χ0) is 23.0. The summed E-state index contributed by atoms with van der Waals surface area (Å²) in [6, 6.07) is 18.4. The van der Waals surface area contributed by atoms with Crippen LogP contribution in [0.25, 0.3) is 11.3 Å². The van der Waals surface area contributed by atoms with Crippen molar-refractivity contribution < 1.29 is 9.21 Å². The number of hydrogen-bond acceptors (Lipinski definition) is 4. The number of rotatable bonds is 9. The number of aryl methyl sites for hydroxylation is 1. The third-order valence-corrected chi connectivity index (χ3v) is 6.34. The molecule has 1 N–H and O–H groups in total. The zero-order valence-electron chi connectivity index (χ0n) is 19.8. The Balaban J connectivity index is 1.23. The fourth-order valence-electron chi connectivity index (χ4n) is 4.89. The topological polar surface area (TPSA) is 58.4 Å². The predicted octanol–water partition coefficient (Wildman–Crippen LogP) is 5.46. The van der Waals surface area contributed by atoms with Crippen molar-refractivity contribution in [3.63, 3.8) is 0 Å². The molecule has 1 aliphatic heterocycles. The van der Waals surface area contributed by atoms with Gasteiger partial charge in [-0.15, -0.1) is 0 Å². The molecule has 2 unspecified atom stereocenters. The Bertz CT molecular complexity index is 1020. The molecule has 1 fully saturated rings. The Hall–Kier alpha value is -2.92. The van der Waals surface area contributed by atoms with E-state index in [2.05, 4.69) is 53.3 Å². The molecule has 0 spiro atoms. The molecule has 5 heteroatoms. The highest BCUT2D eigenvalue weighted by atomic mass is 16.4. The van der Waals surface area contributed by atoms with Crippen molar-refractivity contribution in [2.75, 3.05) is 13.1 Å². The molecule has 0 aliphatic carbocycles. The molecule has 0 radical (unpaired) electrons. The van der Waals surface area contributed by atoms with Crippen molar-refractivity contribution in [2.24, 2.45) is 11.8 Å². The lowest BCUT2D eigenvalue weighted by Crippen LogP contribution is -2.38. The van der Waals surface area contributed by atoms with E-state index < -0.39 is 0 Å². The average molecular weight is 446 g/mol. The number of benzene rings is 2. The summed E-state index contributed by atoms with van der Waals surface area (Å²) in [5, 5.41) is 3.10. The normalized spacial score (nSPS) is 18.8. The second-order valence-electron chi connectivity index (χ2n) is 9.52. The van der Waals surface area contributed by atoms with Crippen molar-refractivity contribution in [2.45, 2.75) is 52.6 Å². The van der Waals surface area contributed by atoms with E-state index in [1.54, 1.807) is 6.20 Å². The summed E-state index contributed by atoms with van der Waals surface area (Å²) in [4.78, 5) is 19.4. The lowest BCUT2D eigenvalue weighted by atomic mass is 9.91. The molecule has 2 aromatic carbocycles. The second-order valence-corrected chi connectivity index (χ2v) is 9.52. The number of piperidine rings is 1. The largest absolute Gasteiger partial charge is 0.441 e. The predicted molar refractivity (Wildman–Crippen MR) is 131 cm³/mol. The molecule has 1 aromatic heterocycles. The molecule has 2 heterocycles. The van der Waals surface area contributed by atoms with E-state index in [1.807, 2.05) is 30.3 Å². The minimum atomic E-state index is 0.0693. The molecule has 3 aromatic rings. The smallest absolute Gasteiger partial charge is 0.220 e. The summed E-state index contributed by atoms with van der Waals surface area (Å²) in [5.74, 6) is 3.00. The van der Waals surface area contributed by atoms with Gasteiger partial charge in [0.15, 0.2) is 11.7 Å². The molecule has 4 rings (SSSR count). The van der Waals surface area contributed by atoms with Crippen LogP contribution in [0.5, 0.6) is 0 Å². The summed E-state index contributed by atoms with van der Waals surface area (Å²) in [5.41, 5.74) is 3.53. The highest BCUT2D eigenvalue weighted by molar-refractivity contribution is 5.75. The molecule has 0 bridgehead atoms. The molecule has 1 amide bonds. The maximum Gasteiger partial charge on any atom is 0.220 e. The number of oxazole rings is 1. The van der Waals surface area contributed by atoms with Gasteiger partial charge >= 0.3 is 0 Å². The van der Waals surface area contributed by atoms with E-state index in [1.165, 1.54) is 17.5 Å². The van der Waals surface area contributed by atoms with E-state index in [0.29, 0.717) is 31.7 Å². The number of nitrogens with one attached hydrogen (secondary N) is 1. The zero-order valence-corrected chi connectivity index (χ0v) is 19.8. The summed E-state index contributed by atoms with van der Waals surface area (Å²) in [6.45, 7) is 8.51. The number of carbonyl (C=O) groups excluding carboxylic acids is 1. The van der Waals surface area contributed by atoms with E-state index in [9.17, 15) is 4.79 Å². The van der Waals surface area contributed by atoms with Gasteiger partial charge in [-0.05, 0) is 35.8 Å². The third kappa shape index (κ3) is 6.78. The van der Waals surface area contributed by atoms with Gasteiger partial charge in [-0.1, -0.05) is 68.4 Å². The minimum Gasteiger partial charge on any atom is -0.441 e. The van der Waals surface area contributed by atoms with E-state index in [4.69, 9.17) is 4.42 Å². The Morgan fingerprint density at radius 2 is 1.73 bits per heavy atom. The van der Waals surface area contributed by atoms with Gasteiger partial charge in [-0.2, -0.15) is 0 Å². The second kappa shape index (κ2) is 11.3. The highest BCUT2D eigenvalue weighted by Crippen LogP contribution is 2.24. The number of hydrogen-bond donors (Lipinski definition) is 1. The summed E-state index contributed by atoms with van der Waals surface area (Å²) in [6.07, 6.45) is 4.90. The van der Waals surface area contributed by atoms with Crippen molar-refractivity contribution in [1.29, 1.82) is 0 Å². The molecule has 5 nitrogen and oxygen atoms in total. The van der Waals surface area contributed by atoms with Gasteiger partial charge < -0.3 is 9.73 Å². The van der Waals surface area contributed by atoms with Crippen LogP contribution >= 0.6 is 0 Å². The third-order valence-electron chi connectivity index (χ3n) is 6.34. The van der Waals surface area contributed by atoms with Crippen LogP contribution in [0.15, 0.2) is 65.2 Å². The van der Waals surface area contributed by atoms with Gasteiger partial charge in [0, 0.05) is 44.6 Å². The van der Waals surface area contributed by atoms with Gasteiger partial charge in [0.2, 0.25) is 5.91 Å². The highest BCUT2D eigenvalue weighted by Gasteiger charge is 2.22. The maximum atomic E-state index is 12.4. The molecular formula is C28H35N3O2. The number of aromatic nitrogens is 1. The van der Waals surface area contributed by atoms with Crippen LogP contribution in [0.1, 0.15) is 50.1 Å². The quantitative estimate of drug-likeness (QED) is 0.475. The number of nitrogens with zero attached hydrogens (tertiary/aromatic N) is 2. The fraction of sp³-hybridized carbons (Fsp3) is 0.429. The Labute approximate surface area is 197 Å². The SMILES string of the molecule is CC1CC(C)CN(Cc2ccccc2CNC(=O)CCCc2ncc(-c3ccccc3)o2)C1. The van der Waals surface area contributed by atoms with Crippen LogP contribution in [0.3, 0.4) is 0 Å². The van der Waals surface area contributed by atoms with Crippen molar-refractivity contribution >= 4 is 5.91 Å². The summed E-state index contributed by atoms with van der Waals surface area (Å²) in [7, 11) is 0. The van der Waals surface area contributed by atoms with Gasteiger partial charge in [0.05, 0.1) is 6.20 Å². The van der Waals surface area contributed by atoms with Crippen LogP contribution < -0.4 is 5.32 Å². The first-order valence-electron chi connectivity index (χ1n) is 12.1. The van der Waals surface area contributed by atoms with E-state index >= 15 is 0 Å². The Kier molecular flexibility index (Phi) is 7.95. The number of likely N-dealkylation sites (tertiary alicyclic amines) is 1. The first-order valence-corrected chi connectivity index (χ1v) is 12.1. The van der Waals surface area contributed by atoms with Crippen LogP contribution in [0.2, 0.25) is 0 Å². The maximum absolute atomic E-state index is 12.4. The molecule has 174 valence electrons. The van der Waals surface area contributed by atoms with Gasteiger partial charge in [0.1, 0.15) is 0 Å². The van der Waals surface area contributed by atoms with Crippen LogP contribution in [-0.4, -0.2) is 28.9 Å². The molecular weight excluding hydrogens is 410 g/mol. The fourth-order valence-corrected chi connectivity index (χ4v) is 4.89. The number of amides is 1. The molecule has 33 heavy (non-hydrogen) atoms. The van der Waals surface area contributed by atoms with E-state index in [0.717, 1.165) is 42.8 Å². The minimum absolute atomic E-state index is 0.0693. The first-order chi connectivity index (χ1) is 16.1. The monoisotopic (exact) mass is 445 g/mol. The average Bonchev–Trinajstić information content (AvgIpc) is 3.27. The summed E-state index contributed by atoms with van der Waals surface area (Å²) >= 11 is 0. The Morgan fingerprint density at radius 3 is 2.48 bits per heavy atom. The number of carbonyl (C=O) groups is 1. The molecule has 2 atom stereocenters. The molecule has 0 saturated carbocycles. The van der Waals surface area contributed by atoms with Crippen LogP contribution in [-0.2, 0) is 24.3 Å². The van der Waals surface area contributed by atoms with E-state index in [-0.39, 0.29) is 5.91 Å². The van der Waals surface area contributed by atoms with Gasteiger partial charge in [0.25, 0.3) is 0 Å². The lowest BCUT2D eigenvalue weighted by molar-refractivity contribution is -0.121. The lowest BCUT2D eigenvalue weighted by Gasteiger charge is -2.35. The molecule has 1 aliphatic rings. The van der Waals surface area contributed by atoms with Crippen LogP contribution in [0, 0.1) is 11.8 Å². The van der Waals surface area contributed by atoms with Gasteiger partial charge in [-0.3, -0.25) is 9.69 Å². The van der Waals surface area contributed by atoms with Crippen LogP contribution in [0.4, 0.5) is 0 Å². The van der Waals surface area contributed by atoms with Crippen molar-refractivity contribution in [3.8, 4) is 11.3 Å². The standard InChI is InChI=1S/C28H35N3O2/c1-21-15-22(2)19-31(18-21)20-25-12-7-6-11-24(25)16-29-27(32)13-8-14-28-30-17-26(33-28)23-9-4-3-5-10-23/h3-7,9-12,17,21-22H,8,13-16,18-20H2,1-2H3,(H,29,32). The first kappa shape index (κ1) is 23.2.